The largest absolute Gasteiger partial charge is 0.371 e. The third kappa shape index (κ3) is 2.44. The molecule has 2 amide bonds. The van der Waals surface area contributed by atoms with Crippen LogP contribution >= 0.6 is 0 Å². The highest BCUT2D eigenvalue weighted by atomic mass is 16.3. The number of aliphatic hydroxyl groups excluding tert-OH is 1. The lowest BCUT2D eigenvalue weighted by atomic mass is 9.87. The summed E-state index contributed by atoms with van der Waals surface area (Å²) in [7, 11) is 0. The molecule has 0 aromatic rings. The molecule has 0 saturated carbocycles. The van der Waals surface area contributed by atoms with Crippen LogP contribution in [-0.4, -0.2) is 72.0 Å². The number of carbonyl (C=O) groups is 1. The van der Waals surface area contributed by atoms with Crippen molar-refractivity contribution in [3.8, 4) is 0 Å². The highest BCUT2D eigenvalue weighted by Gasteiger charge is 2.50. The summed E-state index contributed by atoms with van der Waals surface area (Å²) >= 11 is 0. The molecule has 1 unspecified atom stereocenters. The predicted octanol–water partition coefficient (Wildman–Crippen LogP) is -0.452. The first kappa shape index (κ1) is 13.1. The number of rotatable bonds is 3. The van der Waals surface area contributed by atoms with Crippen LogP contribution in [0.1, 0.15) is 25.7 Å². The smallest absolute Gasteiger partial charge is 0.320 e. The van der Waals surface area contributed by atoms with E-state index in [1.165, 1.54) is 12.8 Å². The maximum absolute atomic E-state index is 12.1. The van der Waals surface area contributed by atoms with Gasteiger partial charge in [-0.05, 0) is 51.9 Å². The quantitative estimate of drug-likeness (QED) is 0.648. The van der Waals surface area contributed by atoms with Crippen molar-refractivity contribution in [3.05, 3.63) is 0 Å². The molecule has 19 heavy (non-hydrogen) atoms. The van der Waals surface area contributed by atoms with E-state index < -0.39 is 11.8 Å². The number of aliphatic hydroxyl groups is 1. The molecule has 0 aromatic carbocycles. The van der Waals surface area contributed by atoms with Crippen LogP contribution in [0.25, 0.3) is 0 Å². The minimum Gasteiger partial charge on any atom is -0.371 e. The topological polar surface area (TPSA) is 67.8 Å². The normalized spacial score (nSPS) is 31.1. The number of nitrogens with one attached hydrogen (secondary N) is 2. The Hall–Kier alpha value is -0.850. The highest BCUT2D eigenvalue weighted by Crippen LogP contribution is 2.30. The van der Waals surface area contributed by atoms with Crippen molar-refractivity contribution >= 4 is 6.03 Å². The van der Waals surface area contributed by atoms with E-state index in [4.69, 9.17) is 0 Å². The molecule has 1 spiro atoms. The summed E-state index contributed by atoms with van der Waals surface area (Å²) in [5.74, 6) is 0. The fourth-order valence-corrected chi connectivity index (χ4v) is 3.49. The second kappa shape index (κ2) is 5.26. The van der Waals surface area contributed by atoms with Gasteiger partial charge in [-0.2, -0.15) is 0 Å². The van der Waals surface area contributed by atoms with Gasteiger partial charge < -0.3 is 20.6 Å². The fraction of sp³-hybridized carbons (Fsp3) is 0.923. The lowest BCUT2D eigenvalue weighted by Crippen LogP contribution is -2.56. The van der Waals surface area contributed by atoms with Crippen molar-refractivity contribution in [2.24, 2.45) is 0 Å². The molecule has 0 aliphatic carbocycles. The Balaban J connectivity index is 1.60. The lowest BCUT2D eigenvalue weighted by molar-refractivity contribution is -0.0123. The van der Waals surface area contributed by atoms with E-state index in [0.717, 1.165) is 45.6 Å². The summed E-state index contributed by atoms with van der Waals surface area (Å²) in [5, 5.41) is 16.8. The molecule has 3 fully saturated rings. The third-order valence-electron chi connectivity index (χ3n) is 4.76. The highest BCUT2D eigenvalue weighted by molar-refractivity contribution is 5.78. The zero-order valence-corrected chi connectivity index (χ0v) is 11.4. The Morgan fingerprint density at radius 1 is 1.21 bits per heavy atom. The molecule has 3 aliphatic heterocycles. The number of urea groups is 1. The number of amides is 2. The van der Waals surface area contributed by atoms with Crippen molar-refractivity contribution in [1.82, 2.24) is 20.4 Å². The lowest BCUT2D eigenvalue weighted by Gasteiger charge is -2.37. The summed E-state index contributed by atoms with van der Waals surface area (Å²) < 4.78 is 0. The van der Waals surface area contributed by atoms with Crippen LogP contribution in [0.4, 0.5) is 4.79 Å². The third-order valence-corrected chi connectivity index (χ3v) is 4.76. The Kier molecular flexibility index (Phi) is 3.64. The van der Waals surface area contributed by atoms with Crippen molar-refractivity contribution in [3.63, 3.8) is 0 Å². The van der Waals surface area contributed by atoms with Crippen LogP contribution in [0.3, 0.4) is 0 Å². The molecule has 0 radical (unpaired) electrons. The van der Waals surface area contributed by atoms with Gasteiger partial charge in [0.2, 0.25) is 0 Å². The Bertz CT molecular complexity index is 338. The van der Waals surface area contributed by atoms with Gasteiger partial charge in [0.05, 0.1) is 5.54 Å². The second-order valence-corrected chi connectivity index (χ2v) is 5.95. The maximum atomic E-state index is 12.1. The van der Waals surface area contributed by atoms with E-state index in [9.17, 15) is 9.90 Å². The zero-order valence-electron chi connectivity index (χ0n) is 11.4. The van der Waals surface area contributed by atoms with Crippen LogP contribution in [0.2, 0.25) is 0 Å². The average molecular weight is 268 g/mol. The minimum absolute atomic E-state index is 0.103. The van der Waals surface area contributed by atoms with Gasteiger partial charge in [-0.1, -0.05) is 0 Å². The molecular weight excluding hydrogens is 244 g/mol. The van der Waals surface area contributed by atoms with Crippen LogP contribution in [0.5, 0.6) is 0 Å². The van der Waals surface area contributed by atoms with Gasteiger partial charge in [-0.3, -0.25) is 4.90 Å². The van der Waals surface area contributed by atoms with Crippen LogP contribution in [0, 0.1) is 0 Å². The van der Waals surface area contributed by atoms with E-state index >= 15 is 0 Å². The first-order valence-corrected chi connectivity index (χ1v) is 7.41. The van der Waals surface area contributed by atoms with E-state index in [0.29, 0.717) is 6.54 Å². The molecule has 3 rings (SSSR count). The number of piperidine rings is 1. The summed E-state index contributed by atoms with van der Waals surface area (Å²) in [6.45, 7) is 5.47. The van der Waals surface area contributed by atoms with Crippen molar-refractivity contribution in [1.29, 1.82) is 0 Å². The summed E-state index contributed by atoms with van der Waals surface area (Å²) in [5.41, 5.74) is -0.423. The Labute approximate surface area is 114 Å². The molecule has 1 atom stereocenters. The SMILES string of the molecule is O=C1NC2(CCNCC2)C(O)N1CCN1CCCC1. The van der Waals surface area contributed by atoms with Crippen LogP contribution in [-0.2, 0) is 0 Å². The molecule has 3 heterocycles. The molecule has 0 bridgehead atoms. The predicted molar refractivity (Wildman–Crippen MR) is 71.8 cm³/mol. The summed E-state index contributed by atoms with van der Waals surface area (Å²) in [6.07, 6.45) is 3.44. The number of hydrogen-bond acceptors (Lipinski definition) is 4. The molecule has 6 heteroatoms. The minimum atomic E-state index is -0.676. The number of likely N-dealkylation sites (tertiary alicyclic amines) is 1. The zero-order chi connectivity index (χ0) is 13.3. The van der Waals surface area contributed by atoms with E-state index in [-0.39, 0.29) is 6.03 Å². The molecule has 3 saturated heterocycles. The van der Waals surface area contributed by atoms with Gasteiger partial charge in [-0.25, -0.2) is 4.79 Å². The molecule has 108 valence electrons. The molecule has 3 N–H and O–H groups in total. The fourth-order valence-electron chi connectivity index (χ4n) is 3.49. The molecule has 3 aliphatic rings. The van der Waals surface area contributed by atoms with Gasteiger partial charge >= 0.3 is 6.03 Å². The van der Waals surface area contributed by atoms with E-state index in [1.807, 2.05) is 0 Å². The number of carbonyl (C=O) groups excluding carboxylic acids is 1. The number of nitrogens with zero attached hydrogens (tertiary/aromatic N) is 2. The first-order chi connectivity index (χ1) is 9.21. The average Bonchev–Trinajstić information content (AvgIpc) is 2.99. The van der Waals surface area contributed by atoms with Gasteiger partial charge in [0.1, 0.15) is 0 Å². The second-order valence-electron chi connectivity index (χ2n) is 5.95. The summed E-state index contributed by atoms with van der Waals surface area (Å²) in [4.78, 5) is 16.1. The van der Waals surface area contributed by atoms with Crippen molar-refractivity contribution in [2.45, 2.75) is 37.5 Å². The standard InChI is InChI=1S/C13H24N4O2/c18-11-13(3-5-14-6-4-13)15-12(19)17(11)10-9-16-7-1-2-8-16/h11,14,18H,1-10H2,(H,15,19). The van der Waals surface area contributed by atoms with Gasteiger partial charge in [0.25, 0.3) is 0 Å². The van der Waals surface area contributed by atoms with E-state index in [2.05, 4.69) is 15.5 Å². The van der Waals surface area contributed by atoms with Gasteiger partial charge in [0, 0.05) is 13.1 Å². The monoisotopic (exact) mass is 268 g/mol. The van der Waals surface area contributed by atoms with Crippen LogP contribution < -0.4 is 10.6 Å². The van der Waals surface area contributed by atoms with Gasteiger partial charge in [0.15, 0.2) is 6.23 Å². The van der Waals surface area contributed by atoms with Crippen molar-refractivity contribution < 1.29 is 9.90 Å². The molecule has 6 nitrogen and oxygen atoms in total. The first-order valence-electron chi connectivity index (χ1n) is 7.41. The van der Waals surface area contributed by atoms with E-state index in [1.54, 1.807) is 4.90 Å². The van der Waals surface area contributed by atoms with Crippen molar-refractivity contribution in [2.75, 3.05) is 39.3 Å². The molecular formula is C13H24N4O2. The molecule has 0 aromatic heterocycles. The van der Waals surface area contributed by atoms with Gasteiger partial charge in [-0.15, -0.1) is 0 Å². The maximum Gasteiger partial charge on any atom is 0.320 e. The number of hydrogen-bond donors (Lipinski definition) is 3. The Morgan fingerprint density at radius 2 is 1.89 bits per heavy atom. The summed E-state index contributed by atoms with van der Waals surface area (Å²) in [6, 6.07) is -0.103. The Morgan fingerprint density at radius 3 is 2.58 bits per heavy atom. The van der Waals surface area contributed by atoms with Crippen LogP contribution in [0.15, 0.2) is 0 Å².